The van der Waals surface area contributed by atoms with Gasteiger partial charge in [-0.25, -0.2) is 9.78 Å². The molecule has 16 atom stereocenters. The molecule has 4 aliphatic heterocycles. The summed E-state index contributed by atoms with van der Waals surface area (Å²) < 4.78 is 88.0. The number of amides is 3. The number of rotatable bonds is 40. The van der Waals surface area contributed by atoms with Gasteiger partial charge in [-0.05, 0) is 174 Å². The Bertz CT molecular complexity index is 4010. The first-order valence-electron chi connectivity index (χ1n) is 44.9. The Balaban J connectivity index is 0.640. The van der Waals surface area contributed by atoms with Crippen molar-refractivity contribution in [3.63, 3.8) is 0 Å². The fraction of sp³-hybridized carbons (Fsp3) is 0.660. The number of thioether (sulfide) groups is 1. The summed E-state index contributed by atoms with van der Waals surface area (Å²) in [6, 6.07) is 13.5. The Morgan fingerprint density at radius 3 is 1.97 bits per heavy atom. The molecule has 0 spiro atoms. The monoisotopic (exact) mass is 1820 g/mol. The number of carbonyl (C=O) groups excluding carboxylic acids is 6. The third-order valence-electron chi connectivity index (χ3n) is 23.8. The Labute approximate surface area is 759 Å². The van der Waals surface area contributed by atoms with Crippen LogP contribution in [-0.2, 0) is 96.8 Å². The van der Waals surface area contributed by atoms with Gasteiger partial charge in [0.2, 0.25) is 11.7 Å². The molecule has 708 valence electrons. The second-order valence-corrected chi connectivity index (χ2v) is 35.0. The number of fused-ring (bicyclic) bond motifs is 4. The quantitative estimate of drug-likeness (QED) is 0.00697. The molecule has 2 aromatic carbocycles. The summed E-state index contributed by atoms with van der Waals surface area (Å²) in [4.78, 5) is 92.0. The molecular weight excluding hydrogens is 1680 g/mol. The van der Waals surface area contributed by atoms with Gasteiger partial charge in [-0.3, -0.25) is 24.0 Å². The second-order valence-electron chi connectivity index (χ2n) is 33.5. The molecule has 2 saturated heterocycles. The van der Waals surface area contributed by atoms with Crippen molar-refractivity contribution in [3.8, 4) is 16.9 Å². The van der Waals surface area contributed by atoms with E-state index in [-0.39, 0.29) is 79.9 Å². The highest BCUT2D eigenvalue weighted by molar-refractivity contribution is 7.99. The summed E-state index contributed by atoms with van der Waals surface area (Å²) in [7, 11) is 4.69. The summed E-state index contributed by atoms with van der Waals surface area (Å²) in [6.07, 6.45) is 11.4. The van der Waals surface area contributed by atoms with Crippen molar-refractivity contribution in [2.75, 3.05) is 171 Å². The maximum absolute atomic E-state index is 14.8. The van der Waals surface area contributed by atoms with Gasteiger partial charge < -0.3 is 118 Å². The van der Waals surface area contributed by atoms with Gasteiger partial charge in [0.15, 0.2) is 5.78 Å². The number of thiocarbonyl (C=S) groups is 1. The van der Waals surface area contributed by atoms with Crippen LogP contribution in [0.4, 0.5) is 5.82 Å². The smallest absolute Gasteiger partial charge is 0.329 e. The molecule has 1 saturated carbocycles. The van der Waals surface area contributed by atoms with Gasteiger partial charge in [0.25, 0.3) is 22.8 Å². The lowest BCUT2D eigenvalue weighted by Crippen LogP contribution is -2.61. The Kier molecular flexibility index (Phi) is 46.8. The van der Waals surface area contributed by atoms with Crippen molar-refractivity contribution in [1.82, 2.24) is 25.4 Å². The summed E-state index contributed by atoms with van der Waals surface area (Å²) >= 11 is 7.22. The Morgan fingerprint density at radius 1 is 0.677 bits per heavy atom. The van der Waals surface area contributed by atoms with E-state index in [1.54, 1.807) is 65.1 Å². The van der Waals surface area contributed by atoms with Gasteiger partial charge in [-0.1, -0.05) is 70.2 Å². The molecule has 9 N–H and O–H groups in total. The fourth-order valence-electron chi connectivity index (χ4n) is 16.3. The molecular formula is C94H141N7O24S2. The molecule has 1 aromatic heterocycles. The molecule has 1 aliphatic carbocycles. The van der Waals surface area contributed by atoms with Crippen molar-refractivity contribution in [2.45, 2.75) is 210 Å². The summed E-state index contributed by atoms with van der Waals surface area (Å²) in [6.45, 7) is 21.1. The lowest BCUT2D eigenvalue weighted by atomic mass is 9.80. The number of hydrogen-bond acceptors (Lipinski definition) is 29. The van der Waals surface area contributed by atoms with Gasteiger partial charge in [-0.15, -0.1) is 11.8 Å². The number of cyclic esters (lactones) is 1. The van der Waals surface area contributed by atoms with E-state index in [1.165, 1.54) is 12.0 Å². The molecule has 0 radical (unpaired) electrons. The van der Waals surface area contributed by atoms with Crippen LogP contribution in [0.5, 0.6) is 5.75 Å². The highest BCUT2D eigenvalue weighted by Gasteiger charge is 2.53. The largest absolute Gasteiger partial charge is 0.491 e. The van der Waals surface area contributed by atoms with Crippen molar-refractivity contribution in [2.24, 2.45) is 35.3 Å². The van der Waals surface area contributed by atoms with Crippen LogP contribution in [0, 0.1) is 36.5 Å². The molecule has 33 heteroatoms. The topological polar surface area (TPSA) is 397 Å². The average Bonchev–Trinajstić information content (AvgIpc) is 1.02. The number of carbonyl (C=O) groups is 6. The third-order valence-corrected chi connectivity index (χ3v) is 25.1. The maximum atomic E-state index is 14.8. The lowest BCUT2D eigenvalue weighted by Gasteiger charge is -2.43. The molecule has 3 aromatic rings. The minimum Gasteiger partial charge on any atom is -0.491 e. The first kappa shape index (κ1) is 105. The van der Waals surface area contributed by atoms with Gasteiger partial charge in [0.05, 0.1) is 137 Å². The molecule has 127 heavy (non-hydrogen) atoms. The molecule has 5 heterocycles. The van der Waals surface area contributed by atoms with E-state index in [9.17, 15) is 44.1 Å². The number of aromatic nitrogens is 1. The molecule has 2 bridgehead atoms. The number of nitrogens with two attached hydrogens (primary N) is 2. The van der Waals surface area contributed by atoms with Crippen molar-refractivity contribution in [3.05, 3.63) is 119 Å². The number of pyridine rings is 1. The van der Waals surface area contributed by atoms with E-state index in [0.717, 1.165) is 38.5 Å². The number of ether oxygens (including phenoxy) is 15. The van der Waals surface area contributed by atoms with E-state index in [2.05, 4.69) is 15.6 Å². The maximum Gasteiger partial charge on any atom is 0.329 e. The zero-order valence-electron chi connectivity index (χ0n) is 76.0. The van der Waals surface area contributed by atoms with Crippen molar-refractivity contribution >= 4 is 70.2 Å². The minimum absolute atomic E-state index is 0.0250. The van der Waals surface area contributed by atoms with Gasteiger partial charge in [0, 0.05) is 124 Å². The Hall–Kier alpha value is -7.23. The normalized spacial score (nSPS) is 26.8. The number of methoxy groups -OCH3 is 3. The molecule has 3 amide bonds. The van der Waals surface area contributed by atoms with Crippen LogP contribution >= 0.6 is 24.0 Å². The number of ketones is 2. The number of benzene rings is 2. The number of hydrogen-bond donors (Lipinski definition) is 7. The Morgan fingerprint density at radius 2 is 1.33 bits per heavy atom. The van der Waals surface area contributed by atoms with E-state index < -0.39 is 95.7 Å². The number of anilines is 1. The van der Waals surface area contributed by atoms with Gasteiger partial charge in [-0.2, -0.15) is 0 Å². The number of nitrogen functional groups attached to an aromatic ring is 1. The number of aliphatic hydroxyl groups is 3. The van der Waals surface area contributed by atoms with Crippen molar-refractivity contribution in [1.29, 1.82) is 0 Å². The van der Waals surface area contributed by atoms with E-state index >= 15 is 0 Å². The number of Topliss-reactive ketones (excluding diaryl/α,β-unsaturated/α-hetero) is 2. The van der Waals surface area contributed by atoms with E-state index in [1.807, 2.05) is 105 Å². The average molecular weight is 1820 g/mol. The number of allylic oxidation sites excluding steroid dienone is 5. The zero-order chi connectivity index (χ0) is 91.6. The first-order chi connectivity index (χ1) is 61.2. The first-order valence-corrected chi connectivity index (χ1v) is 46.3. The van der Waals surface area contributed by atoms with E-state index in [4.69, 9.17) is 94.7 Å². The van der Waals surface area contributed by atoms with Crippen LogP contribution < -0.4 is 26.8 Å². The van der Waals surface area contributed by atoms with Crippen LogP contribution in [0.1, 0.15) is 146 Å². The third kappa shape index (κ3) is 34.8. The molecule has 0 unspecified atom stereocenters. The van der Waals surface area contributed by atoms with Crippen molar-refractivity contribution < 1.29 is 115 Å². The lowest BCUT2D eigenvalue weighted by molar-refractivity contribution is -0.265. The summed E-state index contributed by atoms with van der Waals surface area (Å²) in [5, 5.41) is 41.2. The SMILES string of the molecule is CO[C@H]1C[C@@H]2CC[C@@H](C)[C@@](O)(O2)C(=O)C(=O)N2CCCC[C@H]2C(=O)O[C@H]([C@H](N)C[C@@H]2CC[C@@H](OC(=S)NCCOCCOCCOCCOCCOCCOCCOCCOCCC(=O)NCCSc3ccc(C(=O)N4CCOc5ccc(-c6ccc(N)nc6)cc5C4)c(C)c3)[C@H](OC)C2)C[C@@H](OC)[C@H](C)/C=C(\C)[C@@H](O)[C@@H](O)C(=O)[C@H](C)C[C@H](C)/C=C/C=CC=C1C. The molecule has 8 rings (SSSR count). The summed E-state index contributed by atoms with van der Waals surface area (Å²) in [5.74, 6) is -6.07. The summed E-state index contributed by atoms with van der Waals surface area (Å²) in [5.41, 5.74) is 18.5. The highest BCUT2D eigenvalue weighted by atomic mass is 32.2. The minimum atomic E-state index is -2.47. The van der Waals surface area contributed by atoms with Crippen LogP contribution in [0.2, 0.25) is 0 Å². The van der Waals surface area contributed by atoms with Crippen LogP contribution in [0.25, 0.3) is 11.1 Å². The van der Waals surface area contributed by atoms with Gasteiger partial charge in [0.1, 0.15) is 48.6 Å². The number of nitrogens with one attached hydrogen (secondary N) is 2. The number of nitrogens with zero attached hydrogens (tertiary/aromatic N) is 3. The van der Waals surface area contributed by atoms with Crippen LogP contribution in [0.15, 0.2) is 107 Å². The predicted octanol–water partition coefficient (Wildman–Crippen LogP) is 8.98. The molecule has 31 nitrogen and oxygen atoms in total. The zero-order valence-corrected chi connectivity index (χ0v) is 77.6. The van der Waals surface area contributed by atoms with E-state index in [0.29, 0.717) is 212 Å². The van der Waals surface area contributed by atoms with Crippen LogP contribution in [0.3, 0.4) is 0 Å². The molecule has 5 aliphatic rings. The van der Waals surface area contributed by atoms with Crippen LogP contribution in [-0.4, -0.2) is 303 Å². The second kappa shape index (κ2) is 56.5. The predicted molar refractivity (Wildman–Crippen MR) is 485 cm³/mol. The standard InChI is InChI=1S/C94H141N7O24S2/c1-62-16-12-11-13-17-63(2)80(111-8)58-73-23-19-68(7)94(110,125-73)89(106)91(108)101-32-15-14-18-77(101)92(109)123-82(59-81(112-9)65(4)53-67(6)87(104)88(105)86(103)66(5)52-62)76(95)55-69-20-26-79(83(56-69)113-10)124-93(126)98-30-35-115-38-40-117-42-44-119-46-48-121-50-49-120-47-45-118-43-41-116-39-37-114-34-29-85(102)97-31-51-127-74-24-25-75(64(3)54-74)90(107)100-33-36-122-78-27-21-70(57-72(78)61-100)71-22-28-84(96)99-60-71/h11-13,16-17,21-22,24-25,27-28,53-54,57,60,62,65-66,68-69,73,76-77,79-83,87-88,104-105,110H,14-15,18-20,23,26,29-52,55-56,58-59,61,95H2,1-10H3,(H2,96,99)(H,97,102)(H,98,126)/b13-11?,16-12+,63-17?,67-53+/t62-,65-,66-,68-,69+,73+,76-,77+,79-,80+,81-,82+,83-,87-,88+,94-/m1/s1. The fourth-order valence-corrected chi connectivity index (χ4v) is 17.4. The number of piperidine rings is 1. The number of aryl methyl sites for hydroxylation is 1. The highest BCUT2D eigenvalue weighted by Crippen LogP contribution is 2.39. The number of aliphatic hydroxyl groups excluding tert-OH is 2. The molecule has 3 fully saturated rings. The number of esters is 1. The van der Waals surface area contributed by atoms with Gasteiger partial charge >= 0.3 is 5.97 Å².